The summed E-state index contributed by atoms with van der Waals surface area (Å²) in [4.78, 5) is 28.5. The predicted molar refractivity (Wildman–Crippen MR) is 112 cm³/mol. The zero-order valence-corrected chi connectivity index (χ0v) is 16.5. The number of nitrogens with zero attached hydrogens (tertiary/aromatic N) is 2. The Balaban J connectivity index is 1.59. The number of nitrogens with one attached hydrogen (secondary N) is 1. The second-order valence-electron chi connectivity index (χ2n) is 7.07. The second kappa shape index (κ2) is 7.50. The molecule has 1 aliphatic heterocycles. The van der Waals surface area contributed by atoms with Gasteiger partial charge in [0.05, 0.1) is 12.8 Å². The summed E-state index contributed by atoms with van der Waals surface area (Å²) < 4.78 is 11.4. The van der Waals surface area contributed by atoms with Crippen LogP contribution in [0.1, 0.15) is 6.42 Å². The molecule has 0 aliphatic carbocycles. The minimum Gasteiger partial charge on any atom is -0.495 e. The summed E-state index contributed by atoms with van der Waals surface area (Å²) in [5.74, 6) is 0.457. The number of furan rings is 1. The number of ether oxygens (including phenoxy) is 1. The van der Waals surface area contributed by atoms with Crippen molar-refractivity contribution in [2.45, 2.75) is 12.5 Å². The highest BCUT2D eigenvalue weighted by Crippen LogP contribution is 2.36. The van der Waals surface area contributed by atoms with Gasteiger partial charge < -0.3 is 24.3 Å². The largest absolute Gasteiger partial charge is 0.495 e. The fourth-order valence-electron chi connectivity index (χ4n) is 3.78. The highest BCUT2D eigenvalue weighted by molar-refractivity contribution is 6.07. The van der Waals surface area contributed by atoms with Crippen LogP contribution in [0.2, 0.25) is 0 Å². The monoisotopic (exact) mass is 393 g/mol. The van der Waals surface area contributed by atoms with E-state index in [0.717, 1.165) is 16.4 Å². The van der Waals surface area contributed by atoms with Crippen LogP contribution in [0, 0.1) is 0 Å². The maximum atomic E-state index is 12.8. The SMILES string of the molecule is C=CCN1CCC(N(C)C(=O)Nc2cc3oc4ccccc4c3cc2OC)C1=O. The predicted octanol–water partition coefficient (Wildman–Crippen LogP) is 3.85. The molecule has 2 aromatic carbocycles. The van der Waals surface area contributed by atoms with Gasteiger partial charge in [-0.1, -0.05) is 24.3 Å². The average molecular weight is 393 g/mol. The average Bonchev–Trinajstić information content (AvgIpc) is 3.27. The first-order valence-corrected chi connectivity index (χ1v) is 9.46. The Morgan fingerprint density at radius 3 is 2.90 bits per heavy atom. The van der Waals surface area contributed by atoms with Crippen LogP contribution in [0.25, 0.3) is 21.9 Å². The van der Waals surface area contributed by atoms with E-state index in [-0.39, 0.29) is 11.9 Å². The number of fused-ring (bicyclic) bond motifs is 3. The minimum atomic E-state index is -0.490. The van der Waals surface area contributed by atoms with Crippen LogP contribution in [0.15, 0.2) is 53.5 Å². The molecule has 0 bridgehead atoms. The molecular weight excluding hydrogens is 370 g/mol. The van der Waals surface area contributed by atoms with E-state index in [1.165, 1.54) is 4.90 Å². The van der Waals surface area contributed by atoms with Crippen molar-refractivity contribution in [3.8, 4) is 5.75 Å². The number of rotatable bonds is 5. The number of hydrogen-bond donors (Lipinski definition) is 1. The highest BCUT2D eigenvalue weighted by atomic mass is 16.5. The van der Waals surface area contributed by atoms with Gasteiger partial charge in [0.2, 0.25) is 5.91 Å². The molecule has 150 valence electrons. The topological polar surface area (TPSA) is 75.0 Å². The standard InChI is InChI=1S/C22H23N3O4/c1-4-10-25-11-9-17(21(25)26)24(2)22(27)23-16-13-19-15(12-20(16)28-3)14-7-5-6-8-18(14)29-19/h4-8,12-13,17H,1,9-11H2,2-3H3,(H,23,27). The molecule has 1 atom stereocenters. The molecule has 7 nitrogen and oxygen atoms in total. The van der Waals surface area contributed by atoms with E-state index in [4.69, 9.17) is 9.15 Å². The normalized spacial score (nSPS) is 16.4. The molecule has 1 N–H and O–H groups in total. The van der Waals surface area contributed by atoms with Crippen molar-refractivity contribution in [2.75, 3.05) is 32.6 Å². The Kier molecular flexibility index (Phi) is 4.88. The van der Waals surface area contributed by atoms with Gasteiger partial charge in [-0.2, -0.15) is 0 Å². The molecule has 0 radical (unpaired) electrons. The second-order valence-corrected chi connectivity index (χ2v) is 7.07. The van der Waals surface area contributed by atoms with Crippen molar-refractivity contribution in [1.29, 1.82) is 0 Å². The molecule has 29 heavy (non-hydrogen) atoms. The van der Waals surface area contributed by atoms with E-state index in [2.05, 4.69) is 11.9 Å². The number of carbonyl (C=O) groups excluding carboxylic acids is 2. The molecule has 1 aromatic heterocycles. The van der Waals surface area contributed by atoms with Gasteiger partial charge in [-0.15, -0.1) is 6.58 Å². The van der Waals surface area contributed by atoms with E-state index < -0.39 is 6.04 Å². The van der Waals surface area contributed by atoms with Gasteiger partial charge in [0.1, 0.15) is 23.0 Å². The highest BCUT2D eigenvalue weighted by Gasteiger charge is 2.36. The number of hydrogen-bond acceptors (Lipinski definition) is 4. The van der Waals surface area contributed by atoms with Gasteiger partial charge in [-0.25, -0.2) is 4.79 Å². The van der Waals surface area contributed by atoms with Crippen molar-refractivity contribution in [3.05, 3.63) is 49.1 Å². The summed E-state index contributed by atoms with van der Waals surface area (Å²) in [6.07, 6.45) is 2.28. The number of carbonyl (C=O) groups is 2. The van der Waals surface area contributed by atoms with E-state index in [1.807, 2.05) is 30.3 Å². The first-order valence-electron chi connectivity index (χ1n) is 9.46. The van der Waals surface area contributed by atoms with Crippen molar-refractivity contribution in [3.63, 3.8) is 0 Å². The third-order valence-corrected chi connectivity index (χ3v) is 5.35. The molecule has 0 spiro atoms. The quantitative estimate of drug-likeness (QED) is 0.668. The van der Waals surface area contributed by atoms with Crippen molar-refractivity contribution in [1.82, 2.24) is 9.80 Å². The van der Waals surface area contributed by atoms with Crippen LogP contribution in [-0.2, 0) is 4.79 Å². The van der Waals surface area contributed by atoms with Gasteiger partial charge in [0.15, 0.2) is 0 Å². The minimum absolute atomic E-state index is 0.0674. The summed E-state index contributed by atoms with van der Waals surface area (Å²) in [5.41, 5.74) is 1.91. The molecule has 3 aromatic rings. The third-order valence-electron chi connectivity index (χ3n) is 5.35. The van der Waals surface area contributed by atoms with Crippen LogP contribution in [0.5, 0.6) is 5.75 Å². The maximum absolute atomic E-state index is 12.8. The van der Waals surface area contributed by atoms with E-state index in [1.54, 1.807) is 31.2 Å². The first-order chi connectivity index (χ1) is 14.0. The molecule has 1 fully saturated rings. The lowest BCUT2D eigenvalue weighted by atomic mass is 10.1. The molecule has 7 heteroatoms. The number of methoxy groups -OCH3 is 1. The van der Waals surface area contributed by atoms with Gasteiger partial charge >= 0.3 is 6.03 Å². The summed E-state index contributed by atoms with van der Waals surface area (Å²) in [6.45, 7) is 4.77. The summed E-state index contributed by atoms with van der Waals surface area (Å²) >= 11 is 0. The number of urea groups is 1. The van der Waals surface area contributed by atoms with Gasteiger partial charge in [-0.3, -0.25) is 4.79 Å². The van der Waals surface area contributed by atoms with Crippen LogP contribution in [0.3, 0.4) is 0 Å². The summed E-state index contributed by atoms with van der Waals surface area (Å²) in [5, 5.41) is 4.75. The lowest BCUT2D eigenvalue weighted by Crippen LogP contribution is -2.44. The Morgan fingerprint density at radius 2 is 2.14 bits per heavy atom. The number of likely N-dealkylation sites (tertiary alicyclic amines) is 1. The Bertz CT molecular complexity index is 1100. The Labute approximate surface area is 168 Å². The van der Waals surface area contributed by atoms with Crippen molar-refractivity contribution < 1.29 is 18.7 Å². The fraction of sp³-hybridized carbons (Fsp3) is 0.273. The molecule has 1 aliphatic rings. The Morgan fingerprint density at radius 1 is 1.34 bits per heavy atom. The van der Waals surface area contributed by atoms with Crippen LogP contribution < -0.4 is 10.1 Å². The number of benzene rings is 2. The van der Waals surface area contributed by atoms with Gasteiger partial charge in [0, 0.05) is 37.0 Å². The van der Waals surface area contributed by atoms with E-state index >= 15 is 0 Å². The molecule has 3 amide bonds. The van der Waals surface area contributed by atoms with Crippen molar-refractivity contribution in [2.24, 2.45) is 0 Å². The van der Waals surface area contributed by atoms with Gasteiger partial charge in [0.25, 0.3) is 0 Å². The van der Waals surface area contributed by atoms with Crippen molar-refractivity contribution >= 4 is 39.6 Å². The van der Waals surface area contributed by atoms with Crippen LogP contribution in [-0.4, -0.2) is 55.0 Å². The molecular formula is C22H23N3O4. The molecule has 4 rings (SSSR count). The first kappa shape index (κ1) is 18.9. The number of likely N-dealkylation sites (N-methyl/N-ethyl adjacent to an activating group) is 1. The van der Waals surface area contributed by atoms with Gasteiger partial charge in [-0.05, 0) is 18.6 Å². The molecule has 1 unspecified atom stereocenters. The van der Waals surface area contributed by atoms with E-state index in [9.17, 15) is 9.59 Å². The molecule has 2 heterocycles. The fourth-order valence-corrected chi connectivity index (χ4v) is 3.78. The number of amides is 3. The number of para-hydroxylation sites is 1. The maximum Gasteiger partial charge on any atom is 0.322 e. The summed E-state index contributed by atoms with van der Waals surface area (Å²) in [7, 11) is 3.18. The van der Waals surface area contributed by atoms with E-state index in [0.29, 0.717) is 36.5 Å². The third kappa shape index (κ3) is 3.29. The zero-order valence-electron chi connectivity index (χ0n) is 16.5. The molecule has 1 saturated heterocycles. The van der Waals surface area contributed by atoms with Crippen LogP contribution >= 0.6 is 0 Å². The molecule has 0 saturated carbocycles. The lowest BCUT2D eigenvalue weighted by molar-refractivity contribution is -0.130. The Hall–Kier alpha value is -3.48. The lowest BCUT2D eigenvalue weighted by Gasteiger charge is -2.24. The number of anilines is 1. The summed E-state index contributed by atoms with van der Waals surface area (Å²) in [6, 6.07) is 10.5. The van der Waals surface area contributed by atoms with Crippen LogP contribution in [0.4, 0.5) is 10.5 Å². The smallest absolute Gasteiger partial charge is 0.322 e. The zero-order chi connectivity index (χ0) is 20.5.